The van der Waals surface area contributed by atoms with Gasteiger partial charge in [-0.05, 0) is 92.9 Å². The summed E-state index contributed by atoms with van der Waals surface area (Å²) in [5.74, 6) is 0.754. The molecule has 0 saturated heterocycles. The van der Waals surface area contributed by atoms with Gasteiger partial charge in [0.2, 0.25) is 0 Å². The van der Waals surface area contributed by atoms with E-state index in [9.17, 15) is 18.3 Å². The largest absolute Gasteiger partial charge is 0.433 e. The predicted molar refractivity (Wildman–Crippen MR) is 168 cm³/mol. The molecule has 0 fully saturated rings. The van der Waals surface area contributed by atoms with Crippen molar-refractivity contribution in [2.24, 2.45) is 0 Å². The number of rotatable bonds is 8. The minimum atomic E-state index is -4.50. The SMILES string of the molecule is Cc1c(-c2nccc3cnc(Nc4ccc(SNc5cccc(C(F)(F)F)n5)cc4)cc23)ccc2c1cnn2CC(C)(C)O. The Hall–Kier alpha value is -4.68. The Bertz CT molecular complexity index is 1970. The first-order valence-electron chi connectivity index (χ1n) is 13.7. The molecule has 0 radical (unpaired) electrons. The van der Waals surface area contributed by atoms with Crippen molar-refractivity contribution in [3.8, 4) is 11.3 Å². The Morgan fingerprint density at radius 1 is 0.909 bits per heavy atom. The van der Waals surface area contributed by atoms with Crippen LogP contribution in [0.25, 0.3) is 32.9 Å². The van der Waals surface area contributed by atoms with E-state index < -0.39 is 17.5 Å². The second-order valence-corrected chi connectivity index (χ2v) is 11.9. The van der Waals surface area contributed by atoms with Crippen LogP contribution in [0.5, 0.6) is 0 Å². The first-order chi connectivity index (χ1) is 20.9. The van der Waals surface area contributed by atoms with E-state index in [-0.39, 0.29) is 5.82 Å². The number of aryl methyl sites for hydroxylation is 1. The van der Waals surface area contributed by atoms with Crippen molar-refractivity contribution in [1.82, 2.24) is 24.7 Å². The highest BCUT2D eigenvalue weighted by molar-refractivity contribution is 8.00. The Balaban J connectivity index is 1.22. The molecule has 6 aromatic rings. The van der Waals surface area contributed by atoms with Crippen LogP contribution in [0, 0.1) is 6.92 Å². The maximum atomic E-state index is 12.9. The van der Waals surface area contributed by atoms with Gasteiger partial charge in [0, 0.05) is 44.7 Å². The van der Waals surface area contributed by atoms with Gasteiger partial charge in [-0.15, -0.1) is 0 Å². The van der Waals surface area contributed by atoms with Crippen LogP contribution in [0.3, 0.4) is 0 Å². The van der Waals surface area contributed by atoms with Crippen LogP contribution in [0.4, 0.5) is 30.5 Å². The van der Waals surface area contributed by atoms with E-state index in [1.807, 2.05) is 66.3 Å². The van der Waals surface area contributed by atoms with Crippen LogP contribution in [-0.2, 0) is 12.7 Å². The summed E-state index contributed by atoms with van der Waals surface area (Å²) in [7, 11) is 0. The monoisotopic (exact) mass is 615 g/mol. The Kier molecular flexibility index (Phi) is 7.64. The molecule has 0 aliphatic carbocycles. The third-order valence-corrected chi connectivity index (χ3v) is 7.79. The molecule has 8 nitrogen and oxygen atoms in total. The third kappa shape index (κ3) is 6.31. The fraction of sp³-hybridized carbons (Fsp3) is 0.188. The standard InChI is InChI=1S/C32H28F3N7OS/c1-19-23(11-12-26-25(19)17-38-42(26)18-31(2,3)43)30-24-15-29(37-16-20(24)13-14-36-30)39-21-7-9-22(10-8-21)44-41-28-6-4-5-27(40-28)32(33,34)35/h4-17,43H,18H2,1-3H3,(H,37,39)(H,40,41). The molecule has 0 spiro atoms. The van der Waals surface area contributed by atoms with Gasteiger partial charge in [-0.1, -0.05) is 12.1 Å². The Morgan fingerprint density at radius 3 is 2.45 bits per heavy atom. The van der Waals surface area contributed by atoms with Crippen molar-refractivity contribution >= 4 is 50.9 Å². The number of aliphatic hydroxyl groups is 1. The third-order valence-electron chi connectivity index (χ3n) is 6.98. The van der Waals surface area contributed by atoms with E-state index in [0.717, 1.165) is 55.1 Å². The number of pyridine rings is 3. The van der Waals surface area contributed by atoms with Gasteiger partial charge in [-0.2, -0.15) is 18.3 Å². The molecule has 44 heavy (non-hydrogen) atoms. The van der Waals surface area contributed by atoms with Crippen LogP contribution >= 0.6 is 11.9 Å². The van der Waals surface area contributed by atoms with Gasteiger partial charge >= 0.3 is 6.18 Å². The molecule has 0 aliphatic rings. The van der Waals surface area contributed by atoms with Crippen molar-refractivity contribution in [1.29, 1.82) is 0 Å². The van der Waals surface area contributed by atoms with Gasteiger partial charge in [0.15, 0.2) is 0 Å². The average Bonchev–Trinajstić information content (AvgIpc) is 3.38. The lowest BCUT2D eigenvalue weighted by atomic mass is 9.98. The zero-order chi connectivity index (χ0) is 31.1. The van der Waals surface area contributed by atoms with Gasteiger partial charge in [0.1, 0.15) is 17.3 Å². The summed E-state index contributed by atoms with van der Waals surface area (Å²) in [5.41, 5.74) is 2.74. The number of fused-ring (bicyclic) bond motifs is 2. The molecule has 0 saturated carbocycles. The fourth-order valence-electron chi connectivity index (χ4n) is 4.90. The highest BCUT2D eigenvalue weighted by Crippen LogP contribution is 2.34. The molecule has 0 aliphatic heterocycles. The summed E-state index contributed by atoms with van der Waals surface area (Å²) in [6.45, 7) is 5.94. The summed E-state index contributed by atoms with van der Waals surface area (Å²) < 4.78 is 43.5. The summed E-state index contributed by atoms with van der Waals surface area (Å²) in [6.07, 6.45) is 0.896. The number of benzene rings is 2. The number of aromatic nitrogens is 5. The molecule has 4 aromatic heterocycles. The van der Waals surface area contributed by atoms with E-state index in [2.05, 4.69) is 25.1 Å². The zero-order valence-corrected chi connectivity index (χ0v) is 24.8. The van der Waals surface area contributed by atoms with Crippen LogP contribution < -0.4 is 10.0 Å². The number of hydrogen-bond acceptors (Lipinski definition) is 8. The quantitative estimate of drug-likeness (QED) is 0.148. The van der Waals surface area contributed by atoms with Crippen molar-refractivity contribution in [3.05, 3.63) is 96.6 Å². The van der Waals surface area contributed by atoms with Crippen LogP contribution in [0.2, 0.25) is 0 Å². The molecule has 12 heteroatoms. The highest BCUT2D eigenvalue weighted by Gasteiger charge is 2.32. The van der Waals surface area contributed by atoms with Crippen LogP contribution in [0.15, 0.2) is 90.2 Å². The molecular formula is C32H28F3N7OS. The van der Waals surface area contributed by atoms with Crippen molar-refractivity contribution in [2.45, 2.75) is 44.0 Å². The Labute approximate surface area is 255 Å². The fourth-order valence-corrected chi connectivity index (χ4v) is 5.51. The normalized spacial score (nSPS) is 12.2. The number of hydrogen-bond donors (Lipinski definition) is 3. The van der Waals surface area contributed by atoms with E-state index in [4.69, 9.17) is 4.98 Å². The molecule has 6 rings (SSSR count). The molecule has 2 aromatic carbocycles. The van der Waals surface area contributed by atoms with Crippen molar-refractivity contribution in [3.63, 3.8) is 0 Å². The van der Waals surface area contributed by atoms with Crippen molar-refractivity contribution in [2.75, 3.05) is 10.0 Å². The topological polar surface area (TPSA) is 101 Å². The molecule has 224 valence electrons. The van der Waals surface area contributed by atoms with Gasteiger partial charge in [-0.3, -0.25) is 9.67 Å². The summed E-state index contributed by atoms with van der Waals surface area (Å²) >= 11 is 1.17. The summed E-state index contributed by atoms with van der Waals surface area (Å²) in [6, 6.07) is 19.1. The molecule has 0 unspecified atom stereocenters. The van der Waals surface area contributed by atoms with E-state index >= 15 is 0 Å². The molecule has 0 amide bonds. The van der Waals surface area contributed by atoms with Crippen molar-refractivity contribution < 1.29 is 18.3 Å². The van der Waals surface area contributed by atoms with E-state index in [1.165, 1.54) is 24.1 Å². The molecular weight excluding hydrogens is 587 g/mol. The molecule has 3 N–H and O–H groups in total. The Morgan fingerprint density at radius 2 is 1.70 bits per heavy atom. The van der Waals surface area contributed by atoms with E-state index in [0.29, 0.717) is 12.4 Å². The maximum absolute atomic E-state index is 12.9. The second kappa shape index (κ2) is 11.4. The van der Waals surface area contributed by atoms with Gasteiger partial charge in [0.25, 0.3) is 0 Å². The summed E-state index contributed by atoms with van der Waals surface area (Å²) in [4.78, 5) is 13.7. The average molecular weight is 616 g/mol. The second-order valence-electron chi connectivity index (χ2n) is 11.0. The van der Waals surface area contributed by atoms with Crippen LogP contribution in [0.1, 0.15) is 25.1 Å². The lowest BCUT2D eigenvalue weighted by Crippen LogP contribution is -2.26. The first kappa shape index (κ1) is 29.4. The lowest BCUT2D eigenvalue weighted by molar-refractivity contribution is -0.141. The van der Waals surface area contributed by atoms with Gasteiger partial charge in [0.05, 0.1) is 29.6 Å². The van der Waals surface area contributed by atoms with E-state index in [1.54, 1.807) is 26.2 Å². The number of alkyl halides is 3. The highest BCUT2D eigenvalue weighted by atomic mass is 32.2. The maximum Gasteiger partial charge on any atom is 0.433 e. The number of nitrogens with one attached hydrogen (secondary N) is 2. The zero-order valence-electron chi connectivity index (χ0n) is 24.0. The minimum Gasteiger partial charge on any atom is -0.389 e. The number of halogens is 3. The number of nitrogens with zero attached hydrogens (tertiary/aromatic N) is 5. The first-order valence-corrected chi connectivity index (χ1v) is 14.5. The van der Waals surface area contributed by atoms with Gasteiger partial charge in [-0.25, -0.2) is 9.97 Å². The lowest BCUT2D eigenvalue weighted by Gasteiger charge is -2.18. The molecule has 0 atom stereocenters. The number of anilines is 3. The van der Waals surface area contributed by atoms with Crippen LogP contribution in [-0.4, -0.2) is 35.4 Å². The summed E-state index contributed by atoms with van der Waals surface area (Å²) in [5, 5.41) is 21.0. The smallest absolute Gasteiger partial charge is 0.389 e. The van der Waals surface area contributed by atoms with Gasteiger partial charge < -0.3 is 15.1 Å². The molecule has 0 bridgehead atoms. The molecule has 4 heterocycles. The minimum absolute atomic E-state index is 0.120. The predicted octanol–water partition coefficient (Wildman–Crippen LogP) is 8.00.